The van der Waals surface area contributed by atoms with Crippen LogP contribution >= 0.6 is 0 Å². The Morgan fingerprint density at radius 3 is 2.96 bits per heavy atom. The predicted octanol–water partition coefficient (Wildman–Crippen LogP) is 3.70. The van der Waals surface area contributed by atoms with Gasteiger partial charge in [0, 0.05) is 11.1 Å². The third-order valence-corrected chi connectivity index (χ3v) is 3.62. The lowest BCUT2D eigenvalue weighted by Crippen LogP contribution is -2.20. The Labute approximate surface area is 134 Å². The van der Waals surface area contributed by atoms with E-state index in [9.17, 15) is 4.79 Å². The third kappa shape index (κ3) is 3.69. The molecule has 0 aliphatic rings. The van der Waals surface area contributed by atoms with Gasteiger partial charge < -0.3 is 10.1 Å². The normalized spacial score (nSPS) is 10.9. The summed E-state index contributed by atoms with van der Waals surface area (Å²) in [7, 11) is 0. The number of ether oxygens (including phenoxy) is 1. The van der Waals surface area contributed by atoms with Crippen LogP contribution in [0.15, 0.2) is 48.7 Å². The van der Waals surface area contributed by atoms with Crippen LogP contribution in [0, 0.1) is 0 Å². The first-order valence-corrected chi connectivity index (χ1v) is 7.57. The summed E-state index contributed by atoms with van der Waals surface area (Å²) in [6.45, 7) is 4.22. The summed E-state index contributed by atoms with van der Waals surface area (Å²) in [6.07, 6.45) is 1.72. The van der Waals surface area contributed by atoms with Gasteiger partial charge in [0.25, 0.3) is 5.91 Å². The van der Waals surface area contributed by atoms with Crippen molar-refractivity contribution < 1.29 is 9.53 Å². The van der Waals surface area contributed by atoms with Gasteiger partial charge in [0.05, 0.1) is 11.7 Å². The fraction of sp³-hybridized carbons (Fsp3) is 0.222. The van der Waals surface area contributed by atoms with E-state index in [1.165, 1.54) is 5.56 Å². The highest BCUT2D eigenvalue weighted by Crippen LogP contribution is 2.20. The Morgan fingerprint density at radius 1 is 1.26 bits per heavy atom. The van der Waals surface area contributed by atoms with Crippen LogP contribution < -0.4 is 10.1 Å². The highest BCUT2D eigenvalue weighted by molar-refractivity contribution is 5.94. The van der Waals surface area contributed by atoms with E-state index < -0.39 is 0 Å². The summed E-state index contributed by atoms with van der Waals surface area (Å²) in [4.78, 5) is 12.0. The van der Waals surface area contributed by atoms with Gasteiger partial charge in [-0.2, -0.15) is 5.10 Å². The molecule has 2 N–H and O–H groups in total. The number of aromatic nitrogens is 2. The van der Waals surface area contributed by atoms with E-state index in [2.05, 4.69) is 35.4 Å². The van der Waals surface area contributed by atoms with Crippen molar-refractivity contribution >= 4 is 22.5 Å². The Hall–Kier alpha value is -2.82. The number of amides is 1. The first-order valence-electron chi connectivity index (χ1n) is 7.57. The molecular formula is C18H19N3O2. The van der Waals surface area contributed by atoms with Gasteiger partial charge in [0.2, 0.25) is 0 Å². The molecular weight excluding hydrogens is 290 g/mol. The Balaban J connectivity index is 1.60. The molecule has 0 unspecified atom stereocenters. The summed E-state index contributed by atoms with van der Waals surface area (Å²) in [5.74, 6) is 0.938. The van der Waals surface area contributed by atoms with Crippen LogP contribution in [0.4, 0.5) is 5.69 Å². The van der Waals surface area contributed by atoms with Gasteiger partial charge in [-0.25, -0.2) is 0 Å². The minimum absolute atomic E-state index is 0.0228. The number of anilines is 1. The number of hydrogen-bond acceptors (Lipinski definition) is 3. The molecule has 1 amide bonds. The van der Waals surface area contributed by atoms with Crippen molar-refractivity contribution in [2.24, 2.45) is 0 Å². The van der Waals surface area contributed by atoms with Crippen LogP contribution in [0.2, 0.25) is 0 Å². The molecule has 3 rings (SSSR count). The smallest absolute Gasteiger partial charge is 0.262 e. The minimum Gasteiger partial charge on any atom is -0.484 e. The maximum atomic E-state index is 12.0. The van der Waals surface area contributed by atoms with Gasteiger partial charge in [-0.05, 0) is 41.8 Å². The van der Waals surface area contributed by atoms with E-state index in [-0.39, 0.29) is 12.5 Å². The number of H-pyrrole nitrogens is 1. The SMILES string of the molecule is CC(C)c1cccc(OCC(=O)Nc2ccc3[nH]ncc3c2)c1. The first kappa shape index (κ1) is 15.1. The van der Waals surface area contributed by atoms with Crippen molar-refractivity contribution in [3.63, 3.8) is 0 Å². The molecule has 0 fully saturated rings. The van der Waals surface area contributed by atoms with E-state index >= 15 is 0 Å². The van der Waals surface area contributed by atoms with Crippen LogP contribution in [-0.2, 0) is 4.79 Å². The lowest BCUT2D eigenvalue weighted by molar-refractivity contribution is -0.118. The zero-order valence-electron chi connectivity index (χ0n) is 13.2. The molecule has 0 aliphatic heterocycles. The number of rotatable bonds is 5. The van der Waals surface area contributed by atoms with E-state index in [0.717, 1.165) is 16.6 Å². The van der Waals surface area contributed by atoms with Crippen LogP contribution in [0.25, 0.3) is 10.9 Å². The first-order chi connectivity index (χ1) is 11.1. The van der Waals surface area contributed by atoms with Crippen LogP contribution in [0.3, 0.4) is 0 Å². The van der Waals surface area contributed by atoms with Crippen LogP contribution in [0.5, 0.6) is 5.75 Å². The monoisotopic (exact) mass is 309 g/mol. The highest BCUT2D eigenvalue weighted by Gasteiger charge is 2.06. The van der Waals surface area contributed by atoms with E-state index in [1.807, 2.05) is 36.4 Å². The second-order valence-corrected chi connectivity index (χ2v) is 5.74. The Kier molecular flexibility index (Phi) is 4.28. The molecule has 1 heterocycles. The van der Waals surface area contributed by atoms with Crippen molar-refractivity contribution in [3.05, 3.63) is 54.2 Å². The zero-order chi connectivity index (χ0) is 16.2. The molecule has 0 saturated carbocycles. The lowest BCUT2D eigenvalue weighted by atomic mass is 10.0. The molecule has 0 bridgehead atoms. The molecule has 2 aromatic carbocycles. The highest BCUT2D eigenvalue weighted by atomic mass is 16.5. The number of nitrogens with one attached hydrogen (secondary N) is 2. The number of benzene rings is 2. The molecule has 1 aromatic heterocycles. The molecule has 5 heteroatoms. The predicted molar refractivity (Wildman–Crippen MR) is 90.7 cm³/mol. The van der Waals surface area contributed by atoms with E-state index in [4.69, 9.17) is 4.74 Å². The average Bonchev–Trinajstić information content (AvgIpc) is 3.01. The van der Waals surface area contributed by atoms with Gasteiger partial charge in [-0.3, -0.25) is 9.89 Å². The number of fused-ring (bicyclic) bond motifs is 1. The molecule has 0 atom stereocenters. The van der Waals surface area contributed by atoms with E-state index in [0.29, 0.717) is 11.7 Å². The summed E-state index contributed by atoms with van der Waals surface area (Å²) in [5, 5.41) is 10.6. The lowest BCUT2D eigenvalue weighted by Gasteiger charge is -2.10. The van der Waals surface area contributed by atoms with Gasteiger partial charge in [0.1, 0.15) is 5.75 Å². The molecule has 3 aromatic rings. The number of nitrogens with zero attached hydrogens (tertiary/aromatic N) is 1. The largest absolute Gasteiger partial charge is 0.484 e. The van der Waals surface area contributed by atoms with E-state index in [1.54, 1.807) is 6.20 Å². The Morgan fingerprint density at radius 2 is 2.13 bits per heavy atom. The van der Waals surface area contributed by atoms with Gasteiger partial charge in [-0.15, -0.1) is 0 Å². The molecule has 5 nitrogen and oxygen atoms in total. The standard InChI is InChI=1S/C18H19N3O2/c1-12(2)13-4-3-5-16(9-13)23-11-18(22)20-15-6-7-17-14(8-15)10-19-21-17/h3-10,12H,11H2,1-2H3,(H,19,21)(H,20,22). The molecule has 118 valence electrons. The van der Waals surface area contributed by atoms with Crippen molar-refractivity contribution in [3.8, 4) is 5.75 Å². The number of carbonyl (C=O) groups is 1. The van der Waals surface area contributed by atoms with Crippen molar-refractivity contribution in [2.75, 3.05) is 11.9 Å². The number of hydrogen-bond donors (Lipinski definition) is 2. The van der Waals surface area contributed by atoms with Crippen molar-refractivity contribution in [2.45, 2.75) is 19.8 Å². The molecule has 0 saturated heterocycles. The van der Waals surface area contributed by atoms with Gasteiger partial charge >= 0.3 is 0 Å². The fourth-order valence-corrected chi connectivity index (χ4v) is 2.33. The molecule has 0 aliphatic carbocycles. The maximum Gasteiger partial charge on any atom is 0.262 e. The molecule has 0 radical (unpaired) electrons. The minimum atomic E-state index is -0.192. The third-order valence-electron chi connectivity index (χ3n) is 3.62. The maximum absolute atomic E-state index is 12.0. The summed E-state index contributed by atoms with van der Waals surface area (Å²) in [6, 6.07) is 13.4. The van der Waals surface area contributed by atoms with Crippen molar-refractivity contribution in [1.29, 1.82) is 0 Å². The van der Waals surface area contributed by atoms with Crippen molar-refractivity contribution in [1.82, 2.24) is 10.2 Å². The van der Waals surface area contributed by atoms with Gasteiger partial charge in [0.15, 0.2) is 6.61 Å². The summed E-state index contributed by atoms with van der Waals surface area (Å²) < 4.78 is 5.57. The molecule has 0 spiro atoms. The quantitative estimate of drug-likeness (QED) is 0.755. The second-order valence-electron chi connectivity index (χ2n) is 5.74. The fourth-order valence-electron chi connectivity index (χ4n) is 2.33. The van der Waals surface area contributed by atoms with Gasteiger partial charge in [-0.1, -0.05) is 26.0 Å². The number of carbonyl (C=O) groups excluding carboxylic acids is 1. The summed E-state index contributed by atoms with van der Waals surface area (Å²) >= 11 is 0. The molecule has 23 heavy (non-hydrogen) atoms. The summed E-state index contributed by atoms with van der Waals surface area (Å²) in [5.41, 5.74) is 2.85. The van der Waals surface area contributed by atoms with Crippen LogP contribution in [-0.4, -0.2) is 22.7 Å². The number of aromatic amines is 1. The topological polar surface area (TPSA) is 67.0 Å². The second kappa shape index (κ2) is 6.52. The van der Waals surface area contributed by atoms with Crippen LogP contribution in [0.1, 0.15) is 25.3 Å². The average molecular weight is 309 g/mol. The Bertz CT molecular complexity index is 824. The zero-order valence-corrected chi connectivity index (χ0v) is 13.2.